The van der Waals surface area contributed by atoms with Crippen LogP contribution in [0.1, 0.15) is 48.6 Å². The third kappa shape index (κ3) is 4.76. The van der Waals surface area contributed by atoms with Crippen molar-refractivity contribution in [2.24, 2.45) is 0 Å². The van der Waals surface area contributed by atoms with Crippen molar-refractivity contribution in [3.05, 3.63) is 58.6 Å². The van der Waals surface area contributed by atoms with Gasteiger partial charge in [0, 0.05) is 12.3 Å². The number of carbonyl (C=O) groups is 1. The van der Waals surface area contributed by atoms with E-state index in [9.17, 15) is 9.90 Å². The summed E-state index contributed by atoms with van der Waals surface area (Å²) in [5, 5.41) is 13.3. The van der Waals surface area contributed by atoms with Crippen LogP contribution in [0.2, 0.25) is 5.02 Å². The van der Waals surface area contributed by atoms with Gasteiger partial charge in [0.05, 0.1) is 23.4 Å². The number of amides is 1. The van der Waals surface area contributed by atoms with Gasteiger partial charge in [-0.25, -0.2) is 9.97 Å². The van der Waals surface area contributed by atoms with Gasteiger partial charge in [0.25, 0.3) is 5.91 Å². The molecule has 2 atom stereocenters. The van der Waals surface area contributed by atoms with Crippen molar-refractivity contribution in [3.63, 3.8) is 0 Å². The first-order valence-corrected chi connectivity index (χ1v) is 8.31. The van der Waals surface area contributed by atoms with Gasteiger partial charge in [0.2, 0.25) is 0 Å². The predicted octanol–water partition coefficient (Wildman–Crippen LogP) is 2.98. The summed E-state index contributed by atoms with van der Waals surface area (Å²) >= 11 is 6.04. The van der Waals surface area contributed by atoms with Crippen molar-refractivity contribution in [2.75, 3.05) is 0 Å². The van der Waals surface area contributed by atoms with Crippen molar-refractivity contribution in [2.45, 2.75) is 45.3 Å². The first-order valence-electron chi connectivity index (χ1n) is 7.93. The van der Waals surface area contributed by atoms with Crippen LogP contribution in [0.5, 0.6) is 0 Å². The van der Waals surface area contributed by atoms with Gasteiger partial charge >= 0.3 is 0 Å². The maximum atomic E-state index is 12.4. The Morgan fingerprint density at radius 1 is 1.25 bits per heavy atom. The third-order valence-electron chi connectivity index (χ3n) is 3.72. The van der Waals surface area contributed by atoms with E-state index in [0.717, 1.165) is 5.56 Å². The van der Waals surface area contributed by atoms with E-state index in [0.29, 0.717) is 12.2 Å². The molecule has 5 nitrogen and oxygen atoms in total. The van der Waals surface area contributed by atoms with Gasteiger partial charge in [-0.05, 0) is 12.5 Å². The zero-order valence-corrected chi connectivity index (χ0v) is 14.8. The Kier molecular flexibility index (Phi) is 6.29. The molecule has 0 aliphatic rings. The highest BCUT2D eigenvalue weighted by Gasteiger charge is 2.21. The number of aliphatic hydroxyl groups excluding tert-OH is 1. The quantitative estimate of drug-likeness (QED) is 0.842. The Bertz CT molecular complexity index is 692. The minimum Gasteiger partial charge on any atom is -0.391 e. The highest BCUT2D eigenvalue weighted by Crippen LogP contribution is 2.16. The maximum Gasteiger partial charge on any atom is 0.271 e. The van der Waals surface area contributed by atoms with Crippen molar-refractivity contribution in [1.82, 2.24) is 15.3 Å². The number of aromatic nitrogens is 2. The molecule has 0 spiro atoms. The van der Waals surface area contributed by atoms with Crippen molar-refractivity contribution in [3.8, 4) is 0 Å². The topological polar surface area (TPSA) is 75.1 Å². The fourth-order valence-electron chi connectivity index (χ4n) is 2.22. The predicted molar refractivity (Wildman–Crippen MR) is 94.2 cm³/mol. The number of hydrogen-bond donors (Lipinski definition) is 2. The summed E-state index contributed by atoms with van der Waals surface area (Å²) in [5.74, 6) is 0.237. The second-order valence-electron chi connectivity index (χ2n) is 6.10. The Morgan fingerprint density at radius 3 is 2.54 bits per heavy atom. The van der Waals surface area contributed by atoms with Gasteiger partial charge < -0.3 is 10.4 Å². The second-order valence-corrected chi connectivity index (χ2v) is 6.51. The molecule has 2 N–H and O–H groups in total. The molecule has 0 fully saturated rings. The van der Waals surface area contributed by atoms with Crippen molar-refractivity contribution >= 4 is 17.5 Å². The van der Waals surface area contributed by atoms with E-state index in [1.165, 1.54) is 6.20 Å². The van der Waals surface area contributed by atoms with Crippen LogP contribution in [0.25, 0.3) is 0 Å². The Balaban J connectivity index is 2.04. The standard InChI is InChI=1S/C18H22ClN3O2/c1-11(2)17-20-10-14(19)16(22-17)18(24)21-12(3)15(23)9-13-7-5-4-6-8-13/h4-8,10-12,15,23H,9H2,1-3H3,(H,21,24). The lowest BCUT2D eigenvalue weighted by Gasteiger charge is -2.20. The lowest BCUT2D eigenvalue weighted by atomic mass is 10.0. The summed E-state index contributed by atoms with van der Waals surface area (Å²) in [4.78, 5) is 20.8. The fourth-order valence-corrected chi connectivity index (χ4v) is 2.40. The Labute approximate surface area is 147 Å². The molecule has 0 saturated heterocycles. The first kappa shape index (κ1) is 18.4. The molecule has 2 unspecified atom stereocenters. The third-order valence-corrected chi connectivity index (χ3v) is 3.99. The van der Waals surface area contributed by atoms with E-state index in [-0.39, 0.29) is 16.6 Å². The zero-order chi connectivity index (χ0) is 17.7. The molecule has 2 aromatic rings. The molecule has 6 heteroatoms. The average molecular weight is 348 g/mol. The van der Waals surface area contributed by atoms with Gasteiger partial charge in [0.1, 0.15) is 11.5 Å². The summed E-state index contributed by atoms with van der Waals surface area (Å²) in [5.41, 5.74) is 1.14. The largest absolute Gasteiger partial charge is 0.391 e. The molecule has 0 radical (unpaired) electrons. The summed E-state index contributed by atoms with van der Waals surface area (Å²) in [7, 11) is 0. The van der Waals surface area contributed by atoms with Gasteiger partial charge in [-0.2, -0.15) is 0 Å². The minimum atomic E-state index is -0.707. The molecule has 1 heterocycles. The lowest BCUT2D eigenvalue weighted by Crippen LogP contribution is -2.42. The van der Waals surface area contributed by atoms with Crippen LogP contribution in [0, 0.1) is 0 Å². The number of carbonyl (C=O) groups excluding carboxylic acids is 1. The van der Waals surface area contributed by atoms with Crippen LogP contribution in [-0.2, 0) is 6.42 Å². The van der Waals surface area contributed by atoms with Crippen LogP contribution in [0.3, 0.4) is 0 Å². The van der Waals surface area contributed by atoms with E-state index >= 15 is 0 Å². The fraction of sp³-hybridized carbons (Fsp3) is 0.389. The van der Waals surface area contributed by atoms with E-state index in [1.54, 1.807) is 6.92 Å². The summed E-state index contributed by atoms with van der Waals surface area (Å²) in [6.07, 6.45) is 1.18. The first-order chi connectivity index (χ1) is 11.4. The van der Waals surface area contributed by atoms with E-state index in [4.69, 9.17) is 11.6 Å². The molecule has 1 aromatic heterocycles. The van der Waals surface area contributed by atoms with Crippen LogP contribution >= 0.6 is 11.6 Å². The average Bonchev–Trinajstić information content (AvgIpc) is 2.55. The SMILES string of the molecule is CC(C)c1ncc(Cl)c(C(=O)NC(C)C(O)Cc2ccccc2)n1. The molecular formula is C18H22ClN3O2. The number of hydrogen-bond acceptors (Lipinski definition) is 4. The smallest absolute Gasteiger partial charge is 0.271 e. The maximum absolute atomic E-state index is 12.4. The van der Waals surface area contributed by atoms with Gasteiger partial charge in [-0.1, -0.05) is 55.8 Å². The van der Waals surface area contributed by atoms with Gasteiger partial charge in [0.15, 0.2) is 0 Å². The van der Waals surface area contributed by atoms with Crippen LogP contribution in [0.4, 0.5) is 0 Å². The minimum absolute atomic E-state index is 0.0925. The monoisotopic (exact) mass is 347 g/mol. The molecule has 128 valence electrons. The summed E-state index contributed by atoms with van der Waals surface area (Å²) in [6, 6.07) is 9.19. The highest BCUT2D eigenvalue weighted by atomic mass is 35.5. The molecule has 1 aromatic carbocycles. The molecule has 24 heavy (non-hydrogen) atoms. The van der Waals surface area contributed by atoms with E-state index in [1.807, 2.05) is 44.2 Å². The number of nitrogens with zero attached hydrogens (tertiary/aromatic N) is 2. The molecule has 0 bridgehead atoms. The van der Waals surface area contributed by atoms with Crippen LogP contribution in [0.15, 0.2) is 36.5 Å². The van der Waals surface area contributed by atoms with Gasteiger partial charge in [-0.3, -0.25) is 4.79 Å². The van der Waals surface area contributed by atoms with Crippen molar-refractivity contribution < 1.29 is 9.90 Å². The molecule has 0 saturated carbocycles. The van der Waals surface area contributed by atoms with Crippen LogP contribution < -0.4 is 5.32 Å². The number of halogens is 1. The summed E-state index contributed by atoms with van der Waals surface area (Å²) in [6.45, 7) is 5.64. The molecule has 2 rings (SSSR count). The molecule has 0 aliphatic carbocycles. The van der Waals surface area contributed by atoms with Gasteiger partial charge in [-0.15, -0.1) is 0 Å². The number of aliphatic hydroxyl groups is 1. The van der Waals surface area contributed by atoms with E-state index < -0.39 is 18.1 Å². The number of benzene rings is 1. The number of rotatable bonds is 6. The zero-order valence-electron chi connectivity index (χ0n) is 14.0. The molecule has 1 amide bonds. The normalized spacial score (nSPS) is 13.6. The lowest BCUT2D eigenvalue weighted by molar-refractivity contribution is 0.0847. The van der Waals surface area contributed by atoms with E-state index in [2.05, 4.69) is 15.3 Å². The highest BCUT2D eigenvalue weighted by molar-refractivity contribution is 6.33. The van der Waals surface area contributed by atoms with Crippen LogP contribution in [-0.4, -0.2) is 33.1 Å². The number of nitrogens with one attached hydrogen (secondary N) is 1. The molecule has 0 aliphatic heterocycles. The molecular weight excluding hydrogens is 326 g/mol. The summed E-state index contributed by atoms with van der Waals surface area (Å²) < 4.78 is 0. The Morgan fingerprint density at radius 2 is 1.92 bits per heavy atom. The second kappa shape index (κ2) is 8.22. The Hall–Kier alpha value is -1.98. The van der Waals surface area contributed by atoms with Crippen molar-refractivity contribution in [1.29, 1.82) is 0 Å².